The van der Waals surface area contributed by atoms with Gasteiger partial charge in [-0.05, 0) is 30.0 Å². The highest BCUT2D eigenvalue weighted by molar-refractivity contribution is 7.13. The van der Waals surface area contributed by atoms with Crippen LogP contribution in [0.15, 0.2) is 29.6 Å². The van der Waals surface area contributed by atoms with Crippen molar-refractivity contribution in [3.63, 3.8) is 0 Å². The molecule has 0 saturated heterocycles. The molecule has 0 unspecified atom stereocenters. The van der Waals surface area contributed by atoms with Crippen molar-refractivity contribution in [2.24, 2.45) is 0 Å². The molecule has 15 heavy (non-hydrogen) atoms. The van der Waals surface area contributed by atoms with Crippen LogP contribution in [0.2, 0.25) is 5.02 Å². The van der Waals surface area contributed by atoms with E-state index in [1.54, 1.807) is 29.5 Å². The molecular formula is C12H9ClOS. The largest absolute Gasteiger partial charge is 0.298 e. The second-order valence-corrected chi connectivity index (χ2v) is 4.63. The van der Waals surface area contributed by atoms with Gasteiger partial charge in [-0.2, -0.15) is 0 Å². The first-order valence-corrected chi connectivity index (χ1v) is 5.77. The van der Waals surface area contributed by atoms with Crippen molar-refractivity contribution in [2.75, 3.05) is 0 Å². The maximum absolute atomic E-state index is 10.9. The molecule has 0 saturated carbocycles. The maximum atomic E-state index is 10.9. The molecule has 1 aromatic carbocycles. The molecule has 2 aromatic rings. The molecule has 0 bridgehead atoms. The minimum absolute atomic E-state index is 0.626. The van der Waals surface area contributed by atoms with Crippen molar-refractivity contribution >= 4 is 29.2 Å². The molecule has 0 fully saturated rings. The van der Waals surface area contributed by atoms with E-state index in [-0.39, 0.29) is 0 Å². The summed E-state index contributed by atoms with van der Waals surface area (Å²) in [6.07, 6.45) is 0.844. The molecule has 1 nitrogen and oxygen atoms in total. The van der Waals surface area contributed by atoms with Gasteiger partial charge in [0.25, 0.3) is 0 Å². The molecule has 0 aliphatic carbocycles. The smallest absolute Gasteiger partial charge is 0.150 e. The summed E-state index contributed by atoms with van der Waals surface area (Å²) in [5.41, 5.74) is 2.67. The van der Waals surface area contributed by atoms with E-state index in [0.717, 1.165) is 16.7 Å². The lowest BCUT2D eigenvalue weighted by molar-refractivity contribution is 0.112. The lowest BCUT2D eigenvalue weighted by Gasteiger charge is -2.03. The predicted octanol–water partition coefficient (Wildman–Crippen LogP) is 4.19. The maximum Gasteiger partial charge on any atom is 0.150 e. The molecule has 0 amide bonds. The minimum atomic E-state index is 0.626. The Bertz CT molecular complexity index is 502. The highest BCUT2D eigenvalue weighted by Crippen LogP contribution is 2.34. The van der Waals surface area contributed by atoms with Crippen molar-refractivity contribution in [1.29, 1.82) is 0 Å². The third-order valence-corrected chi connectivity index (χ3v) is 3.53. The topological polar surface area (TPSA) is 17.1 Å². The Kier molecular flexibility index (Phi) is 2.89. The van der Waals surface area contributed by atoms with E-state index in [0.29, 0.717) is 10.6 Å². The van der Waals surface area contributed by atoms with Crippen LogP contribution in [0.5, 0.6) is 0 Å². The van der Waals surface area contributed by atoms with E-state index in [1.807, 2.05) is 18.4 Å². The summed E-state index contributed by atoms with van der Waals surface area (Å²) in [5, 5.41) is 2.68. The highest BCUT2D eigenvalue weighted by Gasteiger charge is 2.10. The molecule has 1 aromatic heterocycles. The quantitative estimate of drug-likeness (QED) is 0.715. The van der Waals surface area contributed by atoms with Gasteiger partial charge in [0.15, 0.2) is 6.29 Å². The molecule has 1 heterocycles. The Labute approximate surface area is 97.3 Å². The van der Waals surface area contributed by atoms with Gasteiger partial charge in [0.1, 0.15) is 0 Å². The van der Waals surface area contributed by atoms with E-state index in [1.165, 1.54) is 5.56 Å². The molecule has 0 spiro atoms. The first kappa shape index (κ1) is 10.4. The van der Waals surface area contributed by atoms with E-state index in [2.05, 4.69) is 0 Å². The number of halogens is 1. The lowest BCUT2D eigenvalue weighted by atomic mass is 10.1. The third-order valence-electron chi connectivity index (χ3n) is 2.15. The van der Waals surface area contributed by atoms with E-state index < -0.39 is 0 Å². The second kappa shape index (κ2) is 4.17. The number of hydrogen-bond acceptors (Lipinski definition) is 2. The number of aryl methyl sites for hydroxylation is 1. The van der Waals surface area contributed by atoms with Gasteiger partial charge >= 0.3 is 0 Å². The first-order chi connectivity index (χ1) is 7.22. The highest BCUT2D eigenvalue weighted by atomic mass is 35.5. The molecule has 0 aliphatic rings. The fourth-order valence-electron chi connectivity index (χ4n) is 1.46. The Morgan fingerprint density at radius 1 is 1.40 bits per heavy atom. The monoisotopic (exact) mass is 236 g/mol. The van der Waals surface area contributed by atoms with Gasteiger partial charge in [0.2, 0.25) is 0 Å². The van der Waals surface area contributed by atoms with Crippen LogP contribution in [-0.4, -0.2) is 6.29 Å². The van der Waals surface area contributed by atoms with Crippen molar-refractivity contribution in [3.8, 4) is 10.4 Å². The zero-order valence-corrected chi connectivity index (χ0v) is 9.73. The summed E-state index contributed by atoms with van der Waals surface area (Å²) in [7, 11) is 0. The van der Waals surface area contributed by atoms with Crippen LogP contribution in [0, 0.1) is 6.92 Å². The fraction of sp³-hybridized carbons (Fsp3) is 0.0833. The molecule has 76 valence electrons. The average molecular weight is 237 g/mol. The molecule has 0 aliphatic heterocycles. The Morgan fingerprint density at radius 2 is 2.20 bits per heavy atom. The summed E-state index contributed by atoms with van der Waals surface area (Å²) in [6, 6.07) is 7.41. The van der Waals surface area contributed by atoms with Crippen LogP contribution in [0.4, 0.5) is 0 Å². The Morgan fingerprint density at radius 3 is 2.80 bits per heavy atom. The van der Waals surface area contributed by atoms with Gasteiger partial charge in [0, 0.05) is 21.0 Å². The van der Waals surface area contributed by atoms with Gasteiger partial charge in [-0.25, -0.2) is 0 Å². The van der Waals surface area contributed by atoms with Gasteiger partial charge in [-0.15, -0.1) is 11.3 Å². The van der Waals surface area contributed by atoms with E-state index >= 15 is 0 Å². The Balaban J connectivity index is 2.65. The SMILES string of the molecule is Cc1csc(-c2c(Cl)cccc2C=O)c1. The Hall–Kier alpha value is -1.12. The van der Waals surface area contributed by atoms with Gasteiger partial charge < -0.3 is 0 Å². The molecule has 0 radical (unpaired) electrons. The predicted molar refractivity (Wildman–Crippen MR) is 64.9 cm³/mol. The van der Waals surface area contributed by atoms with Crippen molar-refractivity contribution in [2.45, 2.75) is 6.92 Å². The van der Waals surface area contributed by atoms with Crippen LogP contribution in [0.1, 0.15) is 15.9 Å². The fourth-order valence-corrected chi connectivity index (χ4v) is 2.78. The summed E-state index contributed by atoms with van der Waals surface area (Å²) in [5.74, 6) is 0. The van der Waals surface area contributed by atoms with Gasteiger partial charge in [-0.3, -0.25) is 4.79 Å². The van der Waals surface area contributed by atoms with E-state index in [4.69, 9.17) is 11.6 Å². The molecule has 0 N–H and O–H groups in total. The molecule has 3 heteroatoms. The lowest BCUT2D eigenvalue weighted by Crippen LogP contribution is -1.86. The van der Waals surface area contributed by atoms with Crippen molar-refractivity contribution in [1.82, 2.24) is 0 Å². The number of thiophene rings is 1. The molecular weight excluding hydrogens is 228 g/mol. The average Bonchev–Trinajstić information content (AvgIpc) is 2.64. The number of aldehydes is 1. The van der Waals surface area contributed by atoms with Crippen LogP contribution >= 0.6 is 22.9 Å². The van der Waals surface area contributed by atoms with Crippen molar-refractivity contribution < 1.29 is 4.79 Å². The molecule has 0 atom stereocenters. The zero-order valence-electron chi connectivity index (χ0n) is 8.16. The summed E-state index contributed by atoms with van der Waals surface area (Å²) >= 11 is 7.70. The standard InChI is InChI=1S/C12H9ClOS/c1-8-5-11(15-7-8)12-9(6-14)3-2-4-10(12)13/h2-7H,1H3. The number of benzene rings is 1. The second-order valence-electron chi connectivity index (χ2n) is 3.31. The summed E-state index contributed by atoms with van der Waals surface area (Å²) in [6.45, 7) is 2.03. The number of carbonyl (C=O) groups is 1. The third kappa shape index (κ3) is 1.96. The van der Waals surface area contributed by atoms with Crippen molar-refractivity contribution in [3.05, 3.63) is 45.8 Å². The van der Waals surface area contributed by atoms with Crippen LogP contribution in [0.3, 0.4) is 0 Å². The zero-order chi connectivity index (χ0) is 10.8. The van der Waals surface area contributed by atoms with Gasteiger partial charge in [0.05, 0.1) is 0 Å². The van der Waals surface area contributed by atoms with Crippen LogP contribution in [0.25, 0.3) is 10.4 Å². The van der Waals surface area contributed by atoms with E-state index in [9.17, 15) is 4.79 Å². The van der Waals surface area contributed by atoms with Gasteiger partial charge in [-0.1, -0.05) is 23.7 Å². The number of rotatable bonds is 2. The number of hydrogen-bond donors (Lipinski definition) is 0. The normalized spacial score (nSPS) is 10.3. The summed E-state index contributed by atoms with van der Waals surface area (Å²) < 4.78 is 0. The molecule has 2 rings (SSSR count). The number of carbonyl (C=O) groups excluding carboxylic acids is 1. The van der Waals surface area contributed by atoms with Crippen LogP contribution in [-0.2, 0) is 0 Å². The minimum Gasteiger partial charge on any atom is -0.298 e. The van der Waals surface area contributed by atoms with Crippen LogP contribution < -0.4 is 0 Å². The summed E-state index contributed by atoms with van der Waals surface area (Å²) in [4.78, 5) is 11.9. The first-order valence-electron chi connectivity index (χ1n) is 4.51.